The zero-order valence-corrected chi connectivity index (χ0v) is 6.55. The highest BCUT2D eigenvalue weighted by molar-refractivity contribution is 6.34. The quantitative estimate of drug-likeness (QED) is 0.318. The molecular formula is C6H11N3O2. The van der Waals surface area contributed by atoms with Gasteiger partial charge in [-0.15, -0.1) is 0 Å². The third kappa shape index (κ3) is 4.07. The Labute approximate surface area is 64.6 Å². The van der Waals surface area contributed by atoms with Gasteiger partial charge in [0.25, 0.3) is 0 Å². The molecule has 0 aliphatic carbocycles. The number of nitrogens with two attached hydrogens (primary N) is 1. The van der Waals surface area contributed by atoms with Gasteiger partial charge in [0.15, 0.2) is 0 Å². The molecule has 0 saturated carbocycles. The number of nitrogens with one attached hydrogen (secondary N) is 1. The van der Waals surface area contributed by atoms with Gasteiger partial charge in [-0.3, -0.25) is 9.59 Å². The molecule has 0 aliphatic heterocycles. The summed E-state index contributed by atoms with van der Waals surface area (Å²) in [4.78, 5) is 20.6. The number of hydrogen-bond donors (Lipinski definition) is 2. The van der Waals surface area contributed by atoms with Crippen LogP contribution in [0.4, 0.5) is 0 Å². The van der Waals surface area contributed by atoms with Gasteiger partial charge < -0.3 is 5.73 Å². The Balaban J connectivity index is 3.88. The Morgan fingerprint density at radius 1 is 1.55 bits per heavy atom. The maximum atomic E-state index is 10.5. The smallest absolute Gasteiger partial charge is 0.329 e. The van der Waals surface area contributed by atoms with Gasteiger partial charge in [0.2, 0.25) is 0 Å². The van der Waals surface area contributed by atoms with Gasteiger partial charge in [0.05, 0.1) is 0 Å². The second kappa shape index (κ2) is 4.43. The Bertz CT molecular complexity index is 198. The van der Waals surface area contributed by atoms with Crippen molar-refractivity contribution in [2.45, 2.75) is 20.3 Å². The highest BCUT2D eigenvalue weighted by Gasteiger charge is 2.05. The molecule has 0 bridgehead atoms. The summed E-state index contributed by atoms with van der Waals surface area (Å²) in [6, 6.07) is 0. The van der Waals surface area contributed by atoms with E-state index in [4.69, 9.17) is 0 Å². The Kier molecular flexibility index (Phi) is 3.87. The first kappa shape index (κ1) is 9.61. The fourth-order valence-electron chi connectivity index (χ4n) is 0.280. The normalized spacial score (nSPS) is 10.9. The van der Waals surface area contributed by atoms with Crippen LogP contribution in [0, 0.1) is 0 Å². The minimum Gasteiger partial charge on any atom is -0.361 e. The largest absolute Gasteiger partial charge is 0.361 e. The van der Waals surface area contributed by atoms with Gasteiger partial charge in [0.1, 0.15) is 0 Å². The highest BCUT2D eigenvalue weighted by Crippen LogP contribution is 1.80. The van der Waals surface area contributed by atoms with Crippen molar-refractivity contribution in [2.75, 3.05) is 0 Å². The molecule has 0 aromatic rings. The summed E-state index contributed by atoms with van der Waals surface area (Å²) in [7, 11) is 0. The number of primary amides is 1. The Hall–Kier alpha value is -1.39. The molecule has 0 aliphatic rings. The standard InChI is InChI=1S/C6H11N3O2/c1-3-4(2)8-9-6(11)5(7)10/h3H2,1-2H3,(H2,7,10)(H,9,11). The molecule has 11 heavy (non-hydrogen) atoms. The number of nitrogens with zero attached hydrogens (tertiary/aromatic N) is 1. The third-order valence-electron chi connectivity index (χ3n) is 1.08. The molecule has 0 unspecified atom stereocenters. The van der Waals surface area contributed by atoms with E-state index in [2.05, 4.69) is 10.8 Å². The van der Waals surface area contributed by atoms with Crippen molar-refractivity contribution in [1.29, 1.82) is 0 Å². The molecule has 0 fully saturated rings. The molecule has 0 rings (SSSR count). The lowest BCUT2D eigenvalue weighted by molar-refractivity contribution is -0.137. The summed E-state index contributed by atoms with van der Waals surface area (Å²) in [5.41, 5.74) is 7.39. The minimum atomic E-state index is -1.03. The van der Waals surface area contributed by atoms with Crippen molar-refractivity contribution in [1.82, 2.24) is 5.43 Å². The predicted octanol–water partition coefficient (Wildman–Crippen LogP) is -0.626. The van der Waals surface area contributed by atoms with E-state index in [-0.39, 0.29) is 0 Å². The molecule has 3 N–H and O–H groups in total. The average molecular weight is 157 g/mol. The van der Waals surface area contributed by atoms with E-state index >= 15 is 0 Å². The lowest BCUT2D eigenvalue weighted by Gasteiger charge is -1.95. The number of carbonyl (C=O) groups is 2. The lowest BCUT2D eigenvalue weighted by atomic mass is 10.3. The molecule has 0 heterocycles. The Morgan fingerprint density at radius 2 is 2.09 bits per heavy atom. The van der Waals surface area contributed by atoms with E-state index in [9.17, 15) is 9.59 Å². The number of carbonyl (C=O) groups excluding carboxylic acids is 2. The molecular weight excluding hydrogens is 146 g/mol. The van der Waals surface area contributed by atoms with Crippen LogP contribution >= 0.6 is 0 Å². The van der Waals surface area contributed by atoms with Crippen LogP contribution in [0.3, 0.4) is 0 Å². The topological polar surface area (TPSA) is 84.6 Å². The zero-order valence-electron chi connectivity index (χ0n) is 6.55. The van der Waals surface area contributed by atoms with Gasteiger partial charge in [-0.25, -0.2) is 5.43 Å². The monoisotopic (exact) mass is 157 g/mol. The summed E-state index contributed by atoms with van der Waals surface area (Å²) in [5, 5.41) is 3.58. The van der Waals surface area contributed by atoms with Crippen molar-refractivity contribution in [3.8, 4) is 0 Å². The molecule has 0 aromatic heterocycles. The number of amides is 2. The van der Waals surface area contributed by atoms with Crippen LogP contribution in [0.25, 0.3) is 0 Å². The second-order valence-electron chi connectivity index (χ2n) is 2.01. The van der Waals surface area contributed by atoms with Gasteiger partial charge in [-0.1, -0.05) is 6.92 Å². The first-order valence-electron chi connectivity index (χ1n) is 3.20. The molecule has 5 nitrogen and oxygen atoms in total. The van der Waals surface area contributed by atoms with Crippen molar-refractivity contribution >= 4 is 17.5 Å². The van der Waals surface area contributed by atoms with E-state index in [1.165, 1.54) is 0 Å². The lowest BCUT2D eigenvalue weighted by Crippen LogP contribution is -2.33. The van der Waals surface area contributed by atoms with E-state index < -0.39 is 11.8 Å². The van der Waals surface area contributed by atoms with Crippen molar-refractivity contribution in [3.05, 3.63) is 0 Å². The molecule has 0 atom stereocenters. The zero-order chi connectivity index (χ0) is 8.85. The van der Waals surface area contributed by atoms with Crippen LogP contribution in [0.2, 0.25) is 0 Å². The molecule has 0 radical (unpaired) electrons. The fraction of sp³-hybridized carbons (Fsp3) is 0.500. The molecule has 0 saturated heterocycles. The van der Waals surface area contributed by atoms with Crippen LogP contribution in [-0.4, -0.2) is 17.5 Å². The second-order valence-corrected chi connectivity index (χ2v) is 2.01. The maximum absolute atomic E-state index is 10.5. The summed E-state index contributed by atoms with van der Waals surface area (Å²) < 4.78 is 0. The number of hydrazone groups is 1. The SMILES string of the molecule is CCC(C)=NNC(=O)C(N)=O. The predicted molar refractivity (Wildman–Crippen MR) is 40.7 cm³/mol. The van der Waals surface area contributed by atoms with Gasteiger partial charge in [-0.2, -0.15) is 5.10 Å². The van der Waals surface area contributed by atoms with Gasteiger partial charge >= 0.3 is 11.8 Å². The minimum absolute atomic E-state index is 0.721. The summed E-state index contributed by atoms with van der Waals surface area (Å²) >= 11 is 0. The van der Waals surface area contributed by atoms with Crippen molar-refractivity contribution in [3.63, 3.8) is 0 Å². The van der Waals surface area contributed by atoms with Crippen molar-refractivity contribution < 1.29 is 9.59 Å². The molecule has 5 heteroatoms. The van der Waals surface area contributed by atoms with E-state index in [1.54, 1.807) is 6.92 Å². The van der Waals surface area contributed by atoms with Crippen molar-refractivity contribution in [2.24, 2.45) is 10.8 Å². The molecule has 0 aromatic carbocycles. The fourth-order valence-corrected chi connectivity index (χ4v) is 0.280. The first-order valence-corrected chi connectivity index (χ1v) is 3.20. The summed E-state index contributed by atoms with van der Waals surface area (Å²) in [6.07, 6.45) is 0.721. The highest BCUT2D eigenvalue weighted by atomic mass is 16.2. The number of hydrogen-bond acceptors (Lipinski definition) is 3. The average Bonchev–Trinajstić information content (AvgIpc) is 1.99. The van der Waals surface area contributed by atoms with Crippen LogP contribution < -0.4 is 11.2 Å². The van der Waals surface area contributed by atoms with Crippen LogP contribution in [0.15, 0.2) is 5.10 Å². The number of rotatable bonds is 2. The van der Waals surface area contributed by atoms with Crippen LogP contribution in [-0.2, 0) is 9.59 Å². The van der Waals surface area contributed by atoms with E-state index in [0.29, 0.717) is 0 Å². The summed E-state index contributed by atoms with van der Waals surface area (Å²) in [6.45, 7) is 3.62. The van der Waals surface area contributed by atoms with Crippen LogP contribution in [0.1, 0.15) is 20.3 Å². The molecule has 2 amide bonds. The molecule has 62 valence electrons. The van der Waals surface area contributed by atoms with E-state index in [0.717, 1.165) is 12.1 Å². The Morgan fingerprint density at radius 3 is 2.45 bits per heavy atom. The van der Waals surface area contributed by atoms with E-state index in [1.807, 2.05) is 12.3 Å². The van der Waals surface area contributed by atoms with Crippen LogP contribution in [0.5, 0.6) is 0 Å². The summed E-state index contributed by atoms with van der Waals surface area (Å²) in [5.74, 6) is -1.92. The maximum Gasteiger partial charge on any atom is 0.329 e. The third-order valence-corrected chi connectivity index (χ3v) is 1.08. The van der Waals surface area contributed by atoms with Gasteiger partial charge in [0, 0.05) is 5.71 Å². The van der Waals surface area contributed by atoms with Gasteiger partial charge in [-0.05, 0) is 13.3 Å². The molecule has 0 spiro atoms. The first-order chi connectivity index (χ1) is 5.07.